The van der Waals surface area contributed by atoms with Crippen LogP contribution in [0.15, 0.2) is 35.6 Å². The van der Waals surface area contributed by atoms with Crippen LogP contribution < -0.4 is 5.73 Å². The summed E-state index contributed by atoms with van der Waals surface area (Å²) in [5.74, 6) is 0.258. The van der Waals surface area contributed by atoms with Crippen molar-refractivity contribution in [2.75, 3.05) is 0 Å². The number of aliphatic hydroxyl groups is 1. The zero-order valence-corrected chi connectivity index (χ0v) is 10.9. The van der Waals surface area contributed by atoms with E-state index in [2.05, 4.69) is 29.5 Å². The molecule has 3 N–H and O–H groups in total. The molecule has 0 radical (unpaired) electrons. The van der Waals surface area contributed by atoms with Gasteiger partial charge in [0.1, 0.15) is 5.76 Å². The van der Waals surface area contributed by atoms with Crippen LogP contribution in [0.25, 0.3) is 0 Å². The van der Waals surface area contributed by atoms with Crippen molar-refractivity contribution in [3.8, 4) is 0 Å². The number of hydrogen-bond acceptors (Lipinski definition) is 2. The van der Waals surface area contributed by atoms with E-state index in [0.717, 1.165) is 5.57 Å². The maximum atomic E-state index is 9.78. The Morgan fingerprint density at radius 3 is 2.57 bits per heavy atom. The van der Waals surface area contributed by atoms with Gasteiger partial charge in [0.15, 0.2) is 0 Å². The second-order valence-corrected chi connectivity index (χ2v) is 6.67. The Balaban J connectivity index is 3.20. The fourth-order valence-electron chi connectivity index (χ4n) is 1.34. The lowest BCUT2D eigenvalue weighted by Crippen LogP contribution is -2.36. The molecule has 0 aromatic carbocycles. The topological polar surface area (TPSA) is 46.2 Å². The molecule has 14 heavy (non-hydrogen) atoms. The highest BCUT2D eigenvalue weighted by molar-refractivity contribution is 14.1. The van der Waals surface area contributed by atoms with Gasteiger partial charge in [-0.25, -0.2) is 0 Å². The summed E-state index contributed by atoms with van der Waals surface area (Å²) in [6.07, 6.45) is 7.58. The third-order valence-corrected chi connectivity index (χ3v) is 2.74. The standard InChI is InChI=1S/C11H16INO/c1-10(2,13)8-7-11(3,12)6-4-5-9(8)14/h4-7,14H,13H2,1-3H3. The molecule has 0 amide bonds. The van der Waals surface area contributed by atoms with Crippen molar-refractivity contribution in [3.63, 3.8) is 0 Å². The summed E-state index contributed by atoms with van der Waals surface area (Å²) in [6, 6.07) is 0. The fourth-order valence-corrected chi connectivity index (χ4v) is 1.86. The van der Waals surface area contributed by atoms with Crippen LogP contribution >= 0.6 is 22.6 Å². The van der Waals surface area contributed by atoms with Gasteiger partial charge in [-0.3, -0.25) is 0 Å². The zero-order chi connectivity index (χ0) is 11.0. The van der Waals surface area contributed by atoms with Crippen LogP contribution in [0.3, 0.4) is 0 Å². The third kappa shape index (κ3) is 2.85. The molecule has 3 heteroatoms. The van der Waals surface area contributed by atoms with Crippen molar-refractivity contribution >= 4 is 22.6 Å². The first-order chi connectivity index (χ1) is 6.22. The molecule has 0 fully saturated rings. The Morgan fingerprint density at radius 1 is 1.50 bits per heavy atom. The molecule has 0 aromatic rings. The second kappa shape index (κ2) is 3.70. The lowest BCUT2D eigenvalue weighted by atomic mass is 9.91. The van der Waals surface area contributed by atoms with Crippen molar-refractivity contribution in [2.24, 2.45) is 5.73 Å². The van der Waals surface area contributed by atoms with E-state index >= 15 is 0 Å². The Hall–Kier alpha value is -0.290. The number of nitrogens with two attached hydrogens (primary N) is 1. The van der Waals surface area contributed by atoms with Gasteiger partial charge in [0.25, 0.3) is 0 Å². The van der Waals surface area contributed by atoms with Crippen LogP contribution in [0.5, 0.6) is 0 Å². The van der Waals surface area contributed by atoms with Crippen LogP contribution in [0, 0.1) is 0 Å². The molecule has 2 nitrogen and oxygen atoms in total. The summed E-state index contributed by atoms with van der Waals surface area (Å²) >= 11 is 2.32. The van der Waals surface area contributed by atoms with Gasteiger partial charge in [-0.05, 0) is 26.8 Å². The van der Waals surface area contributed by atoms with Gasteiger partial charge in [0.05, 0.1) is 3.42 Å². The van der Waals surface area contributed by atoms with E-state index in [1.165, 1.54) is 0 Å². The van der Waals surface area contributed by atoms with Crippen LogP contribution in [-0.2, 0) is 0 Å². The summed E-state index contributed by atoms with van der Waals surface area (Å²) in [4.78, 5) is 0. The van der Waals surface area contributed by atoms with E-state index < -0.39 is 5.54 Å². The predicted molar refractivity (Wildman–Crippen MR) is 68.6 cm³/mol. The summed E-state index contributed by atoms with van der Waals surface area (Å²) < 4.78 is -0.0925. The van der Waals surface area contributed by atoms with Gasteiger partial charge in [-0.1, -0.05) is 40.8 Å². The lowest BCUT2D eigenvalue weighted by Gasteiger charge is -2.24. The van der Waals surface area contributed by atoms with E-state index in [1.54, 1.807) is 6.08 Å². The SMILES string of the molecule is CC1(I)C=CC=C(O)C(C(C)(C)N)=C1. The lowest BCUT2D eigenvalue weighted by molar-refractivity contribution is 0.400. The minimum absolute atomic E-state index is 0.0925. The van der Waals surface area contributed by atoms with Gasteiger partial charge in [0, 0.05) is 11.1 Å². The molecule has 78 valence electrons. The van der Waals surface area contributed by atoms with Crippen LogP contribution in [0.1, 0.15) is 20.8 Å². The van der Waals surface area contributed by atoms with E-state index in [0.29, 0.717) is 0 Å². The molecule has 0 saturated heterocycles. The molecule has 1 rings (SSSR count). The highest BCUT2D eigenvalue weighted by atomic mass is 127. The molecular weight excluding hydrogens is 289 g/mol. The van der Waals surface area contributed by atoms with E-state index in [-0.39, 0.29) is 9.18 Å². The smallest absolute Gasteiger partial charge is 0.120 e. The van der Waals surface area contributed by atoms with E-state index in [9.17, 15) is 5.11 Å². The zero-order valence-electron chi connectivity index (χ0n) is 8.71. The molecule has 0 spiro atoms. The van der Waals surface area contributed by atoms with Crippen molar-refractivity contribution in [1.82, 2.24) is 0 Å². The Labute approximate surface area is 98.7 Å². The first-order valence-electron chi connectivity index (χ1n) is 4.52. The Kier molecular flexibility index (Phi) is 3.11. The van der Waals surface area contributed by atoms with Crippen molar-refractivity contribution in [1.29, 1.82) is 0 Å². The average Bonchev–Trinajstić information content (AvgIpc) is 2.09. The van der Waals surface area contributed by atoms with E-state index in [4.69, 9.17) is 5.73 Å². The molecule has 0 bridgehead atoms. The quantitative estimate of drug-likeness (QED) is 0.578. The van der Waals surface area contributed by atoms with Gasteiger partial charge in [-0.15, -0.1) is 0 Å². The Bertz CT molecular complexity index is 319. The second-order valence-electron chi connectivity index (χ2n) is 4.34. The fraction of sp³-hybridized carbons (Fsp3) is 0.455. The molecule has 0 saturated carbocycles. The minimum atomic E-state index is -0.515. The molecule has 1 aliphatic carbocycles. The first-order valence-corrected chi connectivity index (χ1v) is 5.60. The highest BCUT2D eigenvalue weighted by Gasteiger charge is 2.26. The van der Waals surface area contributed by atoms with Crippen molar-refractivity contribution < 1.29 is 5.11 Å². The maximum Gasteiger partial charge on any atom is 0.120 e. The summed E-state index contributed by atoms with van der Waals surface area (Å²) in [6.45, 7) is 5.85. The van der Waals surface area contributed by atoms with Gasteiger partial charge >= 0.3 is 0 Å². The molecule has 1 atom stereocenters. The van der Waals surface area contributed by atoms with E-state index in [1.807, 2.05) is 32.1 Å². The van der Waals surface area contributed by atoms with Gasteiger partial charge < -0.3 is 10.8 Å². The minimum Gasteiger partial charge on any atom is -0.508 e. The first kappa shape index (κ1) is 11.8. The molecule has 0 aromatic heterocycles. The molecule has 1 aliphatic rings. The van der Waals surface area contributed by atoms with Crippen LogP contribution in [-0.4, -0.2) is 14.1 Å². The summed E-state index contributed by atoms with van der Waals surface area (Å²) in [5, 5.41) is 9.78. The molecular formula is C11H16INO. The van der Waals surface area contributed by atoms with Crippen LogP contribution in [0.2, 0.25) is 0 Å². The third-order valence-electron chi connectivity index (χ3n) is 2.07. The highest BCUT2D eigenvalue weighted by Crippen LogP contribution is 2.31. The molecule has 0 aliphatic heterocycles. The maximum absolute atomic E-state index is 9.78. The number of halogens is 1. The summed E-state index contributed by atoms with van der Waals surface area (Å²) in [5.41, 5.74) is 6.27. The van der Waals surface area contributed by atoms with Gasteiger partial charge in [0.2, 0.25) is 0 Å². The normalized spacial score (nSPS) is 28.1. The summed E-state index contributed by atoms with van der Waals surface area (Å²) in [7, 11) is 0. The number of aliphatic hydroxyl groups excluding tert-OH is 1. The molecule has 1 unspecified atom stereocenters. The van der Waals surface area contributed by atoms with Gasteiger partial charge in [-0.2, -0.15) is 0 Å². The van der Waals surface area contributed by atoms with Crippen molar-refractivity contribution in [3.05, 3.63) is 35.6 Å². The van der Waals surface area contributed by atoms with Crippen LogP contribution in [0.4, 0.5) is 0 Å². The predicted octanol–water partition coefficient (Wildman–Crippen LogP) is 2.86. The number of allylic oxidation sites excluding steroid dienone is 4. The van der Waals surface area contributed by atoms with Crippen molar-refractivity contribution in [2.45, 2.75) is 29.7 Å². The Morgan fingerprint density at radius 2 is 2.07 bits per heavy atom. The largest absolute Gasteiger partial charge is 0.508 e. The molecule has 0 heterocycles. The number of alkyl halides is 1. The average molecular weight is 305 g/mol. The number of hydrogen-bond donors (Lipinski definition) is 2. The monoisotopic (exact) mass is 305 g/mol. The number of rotatable bonds is 1.